The number of amides is 1. The van der Waals surface area contributed by atoms with Gasteiger partial charge in [0.1, 0.15) is 23.9 Å². The van der Waals surface area contributed by atoms with Crippen LogP contribution in [0.2, 0.25) is 5.02 Å². The minimum absolute atomic E-state index is 0.0730. The summed E-state index contributed by atoms with van der Waals surface area (Å²) in [5, 5.41) is 11.8. The van der Waals surface area contributed by atoms with Crippen LogP contribution in [0, 0.1) is 0 Å². The van der Waals surface area contributed by atoms with Gasteiger partial charge in [0.05, 0.1) is 43.5 Å². The Morgan fingerprint density at radius 2 is 1.59 bits per heavy atom. The molecule has 0 spiro atoms. The number of Topliss-reactive ketones (excluding diaryl/α,β-unsaturated/α-hetero) is 1. The molecule has 1 unspecified atom stereocenters. The molecule has 3 aromatic rings. The SMILES string of the molecule is CCCN1C(=O)C(=O)/C(=C(/O)c2cc(OC)c(Cl)cc2OC)C1c1ccc(OCc2ccccc2)c(OC)c1. The van der Waals surface area contributed by atoms with Gasteiger partial charge in [0.2, 0.25) is 0 Å². The molecule has 1 heterocycles. The van der Waals surface area contributed by atoms with E-state index in [1.807, 2.05) is 37.3 Å². The molecule has 4 rings (SSSR count). The fourth-order valence-corrected chi connectivity index (χ4v) is 4.83. The third kappa shape index (κ3) is 5.52. The average molecular weight is 552 g/mol. The molecular weight excluding hydrogens is 522 g/mol. The number of hydrogen-bond donors (Lipinski definition) is 1. The van der Waals surface area contributed by atoms with Crippen molar-refractivity contribution in [1.82, 2.24) is 4.90 Å². The number of halogens is 1. The molecule has 9 heteroatoms. The summed E-state index contributed by atoms with van der Waals surface area (Å²) in [5.74, 6) is -0.470. The van der Waals surface area contributed by atoms with Crippen LogP contribution < -0.4 is 18.9 Å². The first-order valence-corrected chi connectivity index (χ1v) is 12.8. The molecule has 1 atom stereocenters. The number of methoxy groups -OCH3 is 3. The first-order chi connectivity index (χ1) is 18.8. The quantitative estimate of drug-likeness (QED) is 0.194. The molecule has 0 aromatic heterocycles. The Labute approximate surface area is 232 Å². The molecule has 39 heavy (non-hydrogen) atoms. The lowest BCUT2D eigenvalue weighted by Gasteiger charge is -2.26. The highest BCUT2D eigenvalue weighted by molar-refractivity contribution is 6.46. The Morgan fingerprint density at radius 1 is 0.897 bits per heavy atom. The van der Waals surface area contributed by atoms with Crippen molar-refractivity contribution < 1.29 is 33.6 Å². The molecule has 8 nitrogen and oxygen atoms in total. The van der Waals surface area contributed by atoms with E-state index in [-0.39, 0.29) is 27.7 Å². The number of carbonyl (C=O) groups is 2. The lowest BCUT2D eigenvalue weighted by Crippen LogP contribution is -2.30. The third-order valence-corrected chi connectivity index (χ3v) is 6.77. The zero-order chi connectivity index (χ0) is 28.1. The van der Waals surface area contributed by atoms with Crippen LogP contribution >= 0.6 is 11.6 Å². The van der Waals surface area contributed by atoms with Crippen LogP contribution in [0.1, 0.15) is 36.1 Å². The number of likely N-dealkylation sites (tertiary alicyclic amines) is 1. The molecule has 1 amide bonds. The molecule has 0 radical (unpaired) electrons. The second-order valence-corrected chi connectivity index (χ2v) is 9.27. The molecular formula is C30H30ClNO7. The highest BCUT2D eigenvalue weighted by atomic mass is 35.5. The van der Waals surface area contributed by atoms with Crippen molar-refractivity contribution in [3.05, 3.63) is 87.9 Å². The van der Waals surface area contributed by atoms with Crippen molar-refractivity contribution in [1.29, 1.82) is 0 Å². The minimum atomic E-state index is -0.867. The third-order valence-electron chi connectivity index (χ3n) is 6.47. The van der Waals surface area contributed by atoms with E-state index in [0.717, 1.165) is 5.56 Å². The number of hydrogen-bond acceptors (Lipinski definition) is 7. The molecule has 1 fully saturated rings. The van der Waals surface area contributed by atoms with Crippen molar-refractivity contribution in [2.24, 2.45) is 0 Å². The van der Waals surface area contributed by atoms with Crippen molar-refractivity contribution in [2.45, 2.75) is 26.0 Å². The average Bonchev–Trinajstić information content (AvgIpc) is 3.21. The molecule has 0 bridgehead atoms. The highest BCUT2D eigenvalue weighted by Gasteiger charge is 2.46. The van der Waals surface area contributed by atoms with Crippen LogP contribution in [0.5, 0.6) is 23.0 Å². The van der Waals surface area contributed by atoms with E-state index in [1.54, 1.807) is 18.2 Å². The second kappa shape index (κ2) is 12.1. The molecule has 1 N–H and O–H groups in total. The smallest absolute Gasteiger partial charge is 0.295 e. The number of carbonyl (C=O) groups excluding carboxylic acids is 2. The van der Waals surface area contributed by atoms with E-state index in [9.17, 15) is 14.7 Å². The fraction of sp³-hybridized carbons (Fsp3) is 0.267. The van der Waals surface area contributed by atoms with E-state index in [1.165, 1.54) is 38.4 Å². The monoisotopic (exact) mass is 551 g/mol. The van der Waals surface area contributed by atoms with Gasteiger partial charge in [-0.05, 0) is 35.7 Å². The summed E-state index contributed by atoms with van der Waals surface area (Å²) in [5.41, 5.74) is 1.67. The Balaban J connectivity index is 1.82. The fourth-order valence-electron chi connectivity index (χ4n) is 4.60. The van der Waals surface area contributed by atoms with Gasteiger partial charge >= 0.3 is 0 Å². The Bertz CT molecular complexity index is 1400. The first kappa shape index (κ1) is 27.9. The topological polar surface area (TPSA) is 94.5 Å². The minimum Gasteiger partial charge on any atom is -0.507 e. The molecule has 0 aliphatic carbocycles. The predicted molar refractivity (Wildman–Crippen MR) is 148 cm³/mol. The van der Waals surface area contributed by atoms with E-state index >= 15 is 0 Å². The molecule has 1 aliphatic heterocycles. The van der Waals surface area contributed by atoms with Gasteiger partial charge in [-0.3, -0.25) is 9.59 Å². The van der Waals surface area contributed by atoms with Crippen LogP contribution in [0.4, 0.5) is 0 Å². The summed E-state index contributed by atoms with van der Waals surface area (Å²) in [4.78, 5) is 27.9. The van der Waals surface area contributed by atoms with Gasteiger partial charge in [-0.1, -0.05) is 54.9 Å². The standard InChI is InChI=1S/C30H30ClNO7/c1-5-13-32-27(19-11-12-22(25(14-19)38-4)39-17-18-9-7-6-8-10-18)26(29(34)30(32)35)28(33)20-15-24(37-3)21(31)16-23(20)36-2/h6-12,14-16,27,33H,5,13,17H2,1-4H3/b28-26+. The van der Waals surface area contributed by atoms with Crippen molar-refractivity contribution in [3.63, 3.8) is 0 Å². The zero-order valence-corrected chi connectivity index (χ0v) is 22.9. The van der Waals surface area contributed by atoms with Crippen LogP contribution in [0.25, 0.3) is 5.76 Å². The maximum absolute atomic E-state index is 13.3. The van der Waals surface area contributed by atoms with Gasteiger partial charge < -0.3 is 29.0 Å². The first-order valence-electron chi connectivity index (χ1n) is 12.4. The van der Waals surface area contributed by atoms with Gasteiger partial charge in [-0.15, -0.1) is 0 Å². The zero-order valence-electron chi connectivity index (χ0n) is 22.2. The summed E-state index contributed by atoms with van der Waals surface area (Å²) in [7, 11) is 4.37. The second-order valence-electron chi connectivity index (χ2n) is 8.86. The van der Waals surface area contributed by atoms with Gasteiger partial charge in [0, 0.05) is 12.6 Å². The van der Waals surface area contributed by atoms with Crippen molar-refractivity contribution >= 4 is 29.1 Å². The number of benzene rings is 3. The summed E-state index contributed by atoms with van der Waals surface area (Å²) < 4.78 is 22.3. The predicted octanol–water partition coefficient (Wildman–Crippen LogP) is 5.78. The maximum Gasteiger partial charge on any atom is 0.295 e. The molecule has 204 valence electrons. The van der Waals surface area contributed by atoms with Crippen molar-refractivity contribution in [2.75, 3.05) is 27.9 Å². The number of aliphatic hydroxyl groups excluding tert-OH is 1. The summed E-state index contributed by atoms with van der Waals surface area (Å²) >= 11 is 6.24. The lowest BCUT2D eigenvalue weighted by molar-refractivity contribution is -0.139. The number of rotatable bonds is 10. The maximum atomic E-state index is 13.3. The van der Waals surface area contributed by atoms with Crippen LogP contribution in [0.15, 0.2) is 66.2 Å². The largest absolute Gasteiger partial charge is 0.507 e. The number of ether oxygens (including phenoxy) is 4. The molecule has 1 aliphatic rings. The number of ketones is 1. The Hall–Kier alpha value is -4.17. The normalized spacial score (nSPS) is 16.3. The highest BCUT2D eigenvalue weighted by Crippen LogP contribution is 2.44. The van der Waals surface area contributed by atoms with E-state index < -0.39 is 23.5 Å². The summed E-state index contributed by atoms with van der Waals surface area (Å²) in [6, 6.07) is 17.0. The van der Waals surface area contributed by atoms with Crippen LogP contribution in [0.3, 0.4) is 0 Å². The van der Waals surface area contributed by atoms with Gasteiger partial charge in [-0.25, -0.2) is 0 Å². The molecule has 0 saturated carbocycles. The van der Waals surface area contributed by atoms with Gasteiger partial charge in [-0.2, -0.15) is 0 Å². The van der Waals surface area contributed by atoms with E-state index in [4.69, 9.17) is 30.5 Å². The Morgan fingerprint density at radius 3 is 2.23 bits per heavy atom. The lowest BCUT2D eigenvalue weighted by atomic mass is 9.94. The summed E-state index contributed by atoms with van der Waals surface area (Å²) in [6.07, 6.45) is 0.608. The van der Waals surface area contributed by atoms with Crippen molar-refractivity contribution in [3.8, 4) is 23.0 Å². The van der Waals surface area contributed by atoms with Crippen LogP contribution in [-0.4, -0.2) is 49.6 Å². The Kier molecular flexibility index (Phi) is 8.66. The molecule has 3 aromatic carbocycles. The van der Waals surface area contributed by atoms with Crippen LogP contribution in [-0.2, 0) is 16.2 Å². The summed E-state index contributed by atoms with van der Waals surface area (Å²) in [6.45, 7) is 2.55. The van der Waals surface area contributed by atoms with Gasteiger partial charge in [0.15, 0.2) is 11.5 Å². The number of nitrogens with zero attached hydrogens (tertiary/aromatic N) is 1. The van der Waals surface area contributed by atoms with E-state index in [0.29, 0.717) is 36.6 Å². The molecule has 1 saturated heterocycles. The van der Waals surface area contributed by atoms with Gasteiger partial charge in [0.25, 0.3) is 11.7 Å². The van der Waals surface area contributed by atoms with E-state index in [2.05, 4.69) is 0 Å². The number of aliphatic hydroxyl groups is 1.